The van der Waals surface area contributed by atoms with Crippen molar-refractivity contribution in [1.82, 2.24) is 10.3 Å². The summed E-state index contributed by atoms with van der Waals surface area (Å²) in [4.78, 5) is 3.93. The predicted molar refractivity (Wildman–Crippen MR) is 66.1 cm³/mol. The molecule has 1 aromatic heterocycles. The van der Waals surface area contributed by atoms with E-state index in [0.717, 1.165) is 25.1 Å². The third-order valence-corrected chi connectivity index (χ3v) is 2.52. The number of nitrogens with zero attached hydrogens (tertiary/aromatic N) is 1. The molecule has 90 valence electrons. The van der Waals surface area contributed by atoms with Crippen molar-refractivity contribution in [3.8, 4) is 0 Å². The lowest BCUT2D eigenvalue weighted by Gasteiger charge is -2.23. The molecule has 0 aromatic carbocycles. The topological polar surface area (TPSA) is 71.2 Å². The summed E-state index contributed by atoms with van der Waals surface area (Å²) in [6, 6.07) is 3.69. The Labute approximate surface area is 96.9 Å². The van der Waals surface area contributed by atoms with E-state index in [9.17, 15) is 5.11 Å². The van der Waals surface area contributed by atoms with Gasteiger partial charge in [0.25, 0.3) is 0 Å². The van der Waals surface area contributed by atoms with Crippen LogP contribution in [0.25, 0.3) is 0 Å². The summed E-state index contributed by atoms with van der Waals surface area (Å²) in [5, 5.41) is 13.4. The fourth-order valence-corrected chi connectivity index (χ4v) is 1.67. The zero-order chi connectivity index (χ0) is 12.0. The molecule has 4 heteroatoms. The van der Waals surface area contributed by atoms with E-state index in [1.54, 1.807) is 6.20 Å². The van der Waals surface area contributed by atoms with E-state index in [0.29, 0.717) is 12.2 Å². The average Bonchev–Trinajstić information content (AvgIpc) is 2.17. The minimum Gasteiger partial charge on any atom is -0.390 e. The maximum atomic E-state index is 10.2. The van der Waals surface area contributed by atoms with Crippen molar-refractivity contribution < 1.29 is 5.11 Å². The molecule has 0 amide bonds. The molecule has 0 radical (unpaired) electrons. The van der Waals surface area contributed by atoms with Gasteiger partial charge in [-0.15, -0.1) is 0 Å². The van der Waals surface area contributed by atoms with E-state index in [-0.39, 0.29) is 0 Å². The highest BCUT2D eigenvalue weighted by atomic mass is 16.3. The first-order valence-electron chi connectivity index (χ1n) is 5.67. The Balaban J connectivity index is 2.51. The van der Waals surface area contributed by atoms with Gasteiger partial charge in [0.15, 0.2) is 0 Å². The Kier molecular flexibility index (Phi) is 4.71. The Morgan fingerprint density at radius 2 is 2.31 bits per heavy atom. The quantitative estimate of drug-likeness (QED) is 0.628. The summed E-state index contributed by atoms with van der Waals surface area (Å²) in [5.74, 6) is 0.500. The third-order valence-electron chi connectivity index (χ3n) is 2.52. The van der Waals surface area contributed by atoms with Gasteiger partial charge in [-0.25, -0.2) is 4.98 Å². The summed E-state index contributed by atoms with van der Waals surface area (Å²) in [5.41, 5.74) is 5.92. The van der Waals surface area contributed by atoms with Gasteiger partial charge < -0.3 is 16.2 Å². The number of hydrogen-bond donors (Lipinski definition) is 3. The number of nitrogens with two attached hydrogens (primary N) is 1. The molecule has 1 aromatic rings. The van der Waals surface area contributed by atoms with Crippen LogP contribution in [0.3, 0.4) is 0 Å². The van der Waals surface area contributed by atoms with Gasteiger partial charge in [-0.3, -0.25) is 0 Å². The van der Waals surface area contributed by atoms with Gasteiger partial charge in [-0.1, -0.05) is 6.92 Å². The van der Waals surface area contributed by atoms with Crippen LogP contribution in [0.15, 0.2) is 18.3 Å². The van der Waals surface area contributed by atoms with Crippen LogP contribution in [0, 0.1) is 0 Å². The molecule has 1 heterocycles. The van der Waals surface area contributed by atoms with Gasteiger partial charge >= 0.3 is 0 Å². The SMILES string of the molecule is CCNCCC(C)(O)Cc1ccnc(N)c1. The van der Waals surface area contributed by atoms with Crippen LogP contribution >= 0.6 is 0 Å². The van der Waals surface area contributed by atoms with Crippen molar-refractivity contribution in [2.45, 2.75) is 32.3 Å². The van der Waals surface area contributed by atoms with E-state index in [1.807, 2.05) is 19.1 Å². The van der Waals surface area contributed by atoms with Crippen LogP contribution < -0.4 is 11.1 Å². The van der Waals surface area contributed by atoms with Crippen molar-refractivity contribution in [1.29, 1.82) is 0 Å². The molecule has 4 nitrogen and oxygen atoms in total. The standard InChI is InChI=1S/C12H21N3O/c1-3-14-7-5-12(2,16)9-10-4-6-15-11(13)8-10/h4,6,8,14,16H,3,5,7,9H2,1-2H3,(H2,13,15). The fraction of sp³-hybridized carbons (Fsp3) is 0.583. The summed E-state index contributed by atoms with van der Waals surface area (Å²) in [7, 11) is 0. The van der Waals surface area contributed by atoms with E-state index < -0.39 is 5.60 Å². The van der Waals surface area contributed by atoms with Crippen LogP contribution in [0.4, 0.5) is 5.82 Å². The van der Waals surface area contributed by atoms with Crippen molar-refractivity contribution in [3.05, 3.63) is 23.9 Å². The maximum Gasteiger partial charge on any atom is 0.123 e. The van der Waals surface area contributed by atoms with Crippen LogP contribution in [0.1, 0.15) is 25.8 Å². The highest BCUT2D eigenvalue weighted by Gasteiger charge is 2.20. The van der Waals surface area contributed by atoms with E-state index in [1.165, 1.54) is 0 Å². The molecule has 0 saturated heterocycles. The summed E-state index contributed by atoms with van der Waals surface area (Å²) < 4.78 is 0. The van der Waals surface area contributed by atoms with Gasteiger partial charge in [0, 0.05) is 12.6 Å². The number of nitrogens with one attached hydrogen (secondary N) is 1. The molecule has 0 aliphatic heterocycles. The first-order chi connectivity index (χ1) is 7.53. The van der Waals surface area contributed by atoms with Crippen LogP contribution in [-0.2, 0) is 6.42 Å². The van der Waals surface area contributed by atoms with Crippen molar-refractivity contribution in [2.24, 2.45) is 0 Å². The lowest BCUT2D eigenvalue weighted by atomic mass is 9.93. The van der Waals surface area contributed by atoms with E-state index in [4.69, 9.17) is 5.73 Å². The highest BCUT2D eigenvalue weighted by molar-refractivity contribution is 5.32. The highest BCUT2D eigenvalue weighted by Crippen LogP contribution is 2.17. The largest absolute Gasteiger partial charge is 0.390 e. The molecule has 16 heavy (non-hydrogen) atoms. The molecule has 0 saturated carbocycles. The molecule has 0 fully saturated rings. The van der Waals surface area contributed by atoms with Crippen LogP contribution in [-0.4, -0.2) is 28.8 Å². The normalized spacial score (nSPS) is 14.7. The number of rotatable bonds is 6. The maximum absolute atomic E-state index is 10.2. The molecule has 0 bridgehead atoms. The molecular formula is C12H21N3O. The van der Waals surface area contributed by atoms with Gasteiger partial charge in [0.2, 0.25) is 0 Å². The number of aliphatic hydroxyl groups is 1. The average molecular weight is 223 g/mol. The van der Waals surface area contributed by atoms with Crippen molar-refractivity contribution in [2.75, 3.05) is 18.8 Å². The van der Waals surface area contributed by atoms with Crippen LogP contribution in [0.5, 0.6) is 0 Å². The number of nitrogen functional groups attached to an aromatic ring is 1. The Hall–Kier alpha value is -1.13. The van der Waals surface area contributed by atoms with Crippen molar-refractivity contribution >= 4 is 5.82 Å². The Morgan fingerprint density at radius 3 is 2.94 bits per heavy atom. The zero-order valence-electron chi connectivity index (χ0n) is 10.0. The van der Waals surface area contributed by atoms with Gasteiger partial charge in [-0.05, 0) is 44.1 Å². The molecule has 1 unspecified atom stereocenters. The zero-order valence-corrected chi connectivity index (χ0v) is 10.0. The molecule has 4 N–H and O–H groups in total. The van der Waals surface area contributed by atoms with E-state index in [2.05, 4.69) is 17.2 Å². The Bertz CT molecular complexity index is 326. The number of hydrogen-bond acceptors (Lipinski definition) is 4. The minimum absolute atomic E-state index is 0.500. The first-order valence-corrected chi connectivity index (χ1v) is 5.67. The smallest absolute Gasteiger partial charge is 0.123 e. The van der Waals surface area contributed by atoms with Crippen LogP contribution in [0.2, 0.25) is 0 Å². The van der Waals surface area contributed by atoms with Crippen molar-refractivity contribution in [3.63, 3.8) is 0 Å². The molecule has 0 aliphatic rings. The lowest BCUT2D eigenvalue weighted by Crippen LogP contribution is -2.32. The molecule has 1 atom stereocenters. The molecule has 0 aliphatic carbocycles. The second kappa shape index (κ2) is 5.82. The second-order valence-corrected chi connectivity index (χ2v) is 4.37. The van der Waals surface area contributed by atoms with Gasteiger partial charge in [-0.2, -0.15) is 0 Å². The number of aromatic nitrogens is 1. The fourth-order valence-electron chi connectivity index (χ4n) is 1.67. The molecule has 1 rings (SSSR count). The monoisotopic (exact) mass is 223 g/mol. The number of pyridine rings is 1. The summed E-state index contributed by atoms with van der Waals surface area (Å²) in [6.07, 6.45) is 3.00. The molecular weight excluding hydrogens is 202 g/mol. The molecule has 0 spiro atoms. The lowest BCUT2D eigenvalue weighted by molar-refractivity contribution is 0.0517. The summed E-state index contributed by atoms with van der Waals surface area (Å²) >= 11 is 0. The second-order valence-electron chi connectivity index (χ2n) is 4.37. The van der Waals surface area contributed by atoms with Gasteiger partial charge in [0.05, 0.1) is 5.60 Å². The minimum atomic E-state index is -0.698. The summed E-state index contributed by atoms with van der Waals surface area (Å²) in [6.45, 7) is 5.65. The predicted octanol–water partition coefficient (Wildman–Crippen LogP) is 0.957. The first kappa shape index (κ1) is 12.9. The van der Waals surface area contributed by atoms with Gasteiger partial charge in [0.1, 0.15) is 5.82 Å². The number of anilines is 1. The Morgan fingerprint density at radius 1 is 1.56 bits per heavy atom. The van der Waals surface area contributed by atoms with E-state index >= 15 is 0 Å². The third kappa shape index (κ3) is 4.59.